The summed E-state index contributed by atoms with van der Waals surface area (Å²) in [7, 11) is -3.84. The Bertz CT molecular complexity index is 1250. The van der Waals surface area contributed by atoms with Crippen molar-refractivity contribution < 1.29 is 18.0 Å². The Kier molecular flexibility index (Phi) is 6.43. The van der Waals surface area contributed by atoms with E-state index >= 15 is 0 Å². The van der Waals surface area contributed by atoms with E-state index < -0.39 is 10.0 Å². The van der Waals surface area contributed by atoms with Crippen LogP contribution in [0.1, 0.15) is 42.6 Å². The van der Waals surface area contributed by atoms with Crippen LogP contribution >= 0.6 is 0 Å². The highest BCUT2D eigenvalue weighted by atomic mass is 32.2. The van der Waals surface area contributed by atoms with E-state index in [2.05, 4.69) is 5.10 Å². The average Bonchev–Trinajstić information content (AvgIpc) is 3.58. The van der Waals surface area contributed by atoms with Gasteiger partial charge in [0.1, 0.15) is 11.4 Å². The second kappa shape index (κ2) is 9.39. The van der Waals surface area contributed by atoms with E-state index in [-0.39, 0.29) is 35.7 Å². The Morgan fingerprint density at radius 2 is 1.77 bits per heavy atom. The van der Waals surface area contributed by atoms with Crippen LogP contribution in [0.5, 0.6) is 0 Å². The molecule has 4 heterocycles. The van der Waals surface area contributed by atoms with Gasteiger partial charge in [-0.15, -0.1) is 0 Å². The zero-order valence-electron chi connectivity index (χ0n) is 20.4. The van der Waals surface area contributed by atoms with E-state index in [4.69, 9.17) is 0 Å². The molecule has 5 rings (SSSR count). The van der Waals surface area contributed by atoms with Crippen LogP contribution in [-0.4, -0.2) is 71.9 Å². The first-order valence-corrected chi connectivity index (χ1v) is 13.9. The number of carbonyl (C=O) groups excluding carboxylic acids is 2. The number of carbonyl (C=O) groups is 2. The number of rotatable bonds is 5. The van der Waals surface area contributed by atoms with Crippen molar-refractivity contribution in [2.75, 3.05) is 37.6 Å². The minimum Gasteiger partial charge on any atom is -0.342 e. The number of benzene rings is 1. The average molecular weight is 500 g/mol. The molecule has 188 valence electrons. The zero-order valence-corrected chi connectivity index (χ0v) is 21.3. The summed E-state index contributed by atoms with van der Waals surface area (Å²) < 4.78 is 30.3. The van der Waals surface area contributed by atoms with Gasteiger partial charge < -0.3 is 9.80 Å². The van der Waals surface area contributed by atoms with Gasteiger partial charge in [-0.1, -0.05) is 18.2 Å². The monoisotopic (exact) mass is 499 g/mol. The van der Waals surface area contributed by atoms with Gasteiger partial charge in [-0.2, -0.15) is 9.40 Å². The number of anilines is 1. The zero-order chi connectivity index (χ0) is 24.7. The van der Waals surface area contributed by atoms with Crippen LogP contribution in [0.25, 0.3) is 0 Å². The molecule has 1 atom stereocenters. The van der Waals surface area contributed by atoms with Crippen molar-refractivity contribution in [3.8, 4) is 0 Å². The molecule has 0 bridgehead atoms. The molecule has 1 aromatic heterocycles. The van der Waals surface area contributed by atoms with Gasteiger partial charge in [-0.3, -0.25) is 14.3 Å². The molecule has 0 radical (unpaired) electrons. The van der Waals surface area contributed by atoms with Gasteiger partial charge in [-0.05, 0) is 57.6 Å². The number of hydrogen-bond acceptors (Lipinski definition) is 5. The molecule has 0 saturated carbocycles. The van der Waals surface area contributed by atoms with Crippen molar-refractivity contribution in [3.05, 3.63) is 41.2 Å². The van der Waals surface area contributed by atoms with Crippen LogP contribution in [0, 0.1) is 19.8 Å². The van der Waals surface area contributed by atoms with Crippen molar-refractivity contribution in [3.63, 3.8) is 0 Å². The van der Waals surface area contributed by atoms with E-state index in [0.29, 0.717) is 37.3 Å². The molecule has 0 spiro atoms. The third-order valence-electron chi connectivity index (χ3n) is 7.54. The number of nitrogens with zero attached hydrogens (tertiary/aromatic N) is 5. The van der Waals surface area contributed by atoms with Crippen LogP contribution in [-0.2, 0) is 32.6 Å². The maximum Gasteiger partial charge on any atom is 0.248 e. The molecule has 1 aromatic carbocycles. The molecule has 0 unspecified atom stereocenters. The summed E-state index contributed by atoms with van der Waals surface area (Å²) in [6.45, 7) is 6.09. The number of hydrogen-bond donors (Lipinski definition) is 0. The summed E-state index contributed by atoms with van der Waals surface area (Å²) in [6, 6.07) is 7.85. The number of likely N-dealkylation sites (tertiary alicyclic amines) is 1. The fourth-order valence-corrected chi connectivity index (χ4v) is 7.60. The Morgan fingerprint density at radius 1 is 1.03 bits per heavy atom. The number of piperidine rings is 1. The van der Waals surface area contributed by atoms with Crippen LogP contribution in [0.3, 0.4) is 0 Å². The fourth-order valence-electron chi connectivity index (χ4n) is 5.71. The third-order valence-corrected chi connectivity index (χ3v) is 9.66. The first kappa shape index (κ1) is 24.0. The smallest absolute Gasteiger partial charge is 0.248 e. The second-order valence-electron chi connectivity index (χ2n) is 9.82. The number of fused-ring (bicyclic) bond motifs is 1. The Hall–Kier alpha value is -2.72. The topological polar surface area (TPSA) is 95.8 Å². The summed E-state index contributed by atoms with van der Waals surface area (Å²) in [5, 5.41) is 4.44. The van der Waals surface area contributed by atoms with Gasteiger partial charge in [-0.25, -0.2) is 8.42 Å². The van der Waals surface area contributed by atoms with Crippen molar-refractivity contribution in [1.82, 2.24) is 19.0 Å². The highest BCUT2D eigenvalue weighted by molar-refractivity contribution is 7.89. The molecule has 0 N–H and O–H groups in total. The minimum absolute atomic E-state index is 0.0212. The maximum atomic E-state index is 13.7. The van der Waals surface area contributed by atoms with Crippen molar-refractivity contribution in [1.29, 1.82) is 0 Å². The van der Waals surface area contributed by atoms with Crippen LogP contribution in [0.15, 0.2) is 29.2 Å². The first-order chi connectivity index (χ1) is 16.8. The molecular formula is C25H33N5O4S. The molecule has 3 aliphatic rings. The Morgan fingerprint density at radius 3 is 2.54 bits per heavy atom. The summed E-state index contributed by atoms with van der Waals surface area (Å²) in [5.74, 6) is -0.342. The molecule has 2 amide bonds. The summed E-state index contributed by atoms with van der Waals surface area (Å²) in [6.07, 6.45) is 4.21. The standard InChI is InChI=1S/C25H33N5O4S/c1-18-24(35(33,34)28-14-7-9-21(16-28)25(32)27-12-5-6-13-27)19(2)30(26-18)17-23(31)29-15-11-20-8-3-4-10-22(20)29/h3-4,8,10,21H,5-7,9,11-17H2,1-2H3/t21-/m1/s1. The second-order valence-corrected chi connectivity index (χ2v) is 11.7. The van der Waals surface area contributed by atoms with E-state index in [1.54, 1.807) is 18.7 Å². The molecule has 2 fully saturated rings. The van der Waals surface area contributed by atoms with Crippen LogP contribution in [0.4, 0.5) is 5.69 Å². The van der Waals surface area contributed by atoms with Crippen molar-refractivity contribution >= 4 is 27.5 Å². The largest absolute Gasteiger partial charge is 0.342 e. The molecule has 2 aromatic rings. The Labute approximate surface area is 206 Å². The molecule has 0 aliphatic carbocycles. The number of amides is 2. The van der Waals surface area contributed by atoms with E-state index in [0.717, 1.165) is 43.6 Å². The van der Waals surface area contributed by atoms with Crippen LogP contribution in [0.2, 0.25) is 0 Å². The number of aromatic nitrogens is 2. The lowest BCUT2D eigenvalue weighted by Gasteiger charge is -2.33. The number of aryl methyl sites for hydroxylation is 1. The number of sulfonamides is 1. The molecular weight excluding hydrogens is 466 g/mol. The lowest BCUT2D eigenvalue weighted by molar-refractivity contribution is -0.135. The van der Waals surface area contributed by atoms with Gasteiger partial charge in [0.25, 0.3) is 0 Å². The van der Waals surface area contributed by atoms with Crippen LogP contribution < -0.4 is 4.90 Å². The lowest BCUT2D eigenvalue weighted by Crippen LogP contribution is -2.46. The molecule has 10 heteroatoms. The first-order valence-electron chi connectivity index (χ1n) is 12.5. The van der Waals surface area contributed by atoms with Gasteiger partial charge in [0.05, 0.1) is 17.3 Å². The van der Waals surface area contributed by atoms with Gasteiger partial charge >= 0.3 is 0 Å². The summed E-state index contributed by atoms with van der Waals surface area (Å²) in [4.78, 5) is 29.8. The Balaban J connectivity index is 1.34. The predicted molar refractivity (Wildman–Crippen MR) is 131 cm³/mol. The quantitative estimate of drug-likeness (QED) is 0.628. The third kappa shape index (κ3) is 4.38. The van der Waals surface area contributed by atoms with E-state index in [1.807, 2.05) is 29.2 Å². The lowest BCUT2D eigenvalue weighted by atomic mass is 9.98. The van der Waals surface area contributed by atoms with Crippen molar-refractivity contribution in [2.45, 2.75) is 57.4 Å². The van der Waals surface area contributed by atoms with Gasteiger partial charge in [0.2, 0.25) is 21.8 Å². The van der Waals surface area contributed by atoms with Gasteiger partial charge in [0.15, 0.2) is 0 Å². The minimum atomic E-state index is -3.84. The molecule has 9 nitrogen and oxygen atoms in total. The normalized spacial score (nSPS) is 20.9. The number of para-hydroxylation sites is 1. The summed E-state index contributed by atoms with van der Waals surface area (Å²) >= 11 is 0. The highest BCUT2D eigenvalue weighted by Gasteiger charge is 2.38. The van der Waals surface area contributed by atoms with E-state index in [9.17, 15) is 18.0 Å². The molecule has 35 heavy (non-hydrogen) atoms. The summed E-state index contributed by atoms with van der Waals surface area (Å²) in [5.41, 5.74) is 2.89. The van der Waals surface area contributed by atoms with E-state index in [1.165, 1.54) is 8.99 Å². The maximum absolute atomic E-state index is 13.7. The fraction of sp³-hybridized carbons (Fsp3) is 0.560. The van der Waals surface area contributed by atoms with Gasteiger partial charge in [0, 0.05) is 38.4 Å². The predicted octanol–water partition coefficient (Wildman–Crippen LogP) is 2.11. The highest BCUT2D eigenvalue weighted by Crippen LogP contribution is 2.30. The molecule has 2 saturated heterocycles. The molecule has 3 aliphatic heterocycles. The van der Waals surface area contributed by atoms with Crippen molar-refractivity contribution in [2.24, 2.45) is 5.92 Å². The SMILES string of the molecule is Cc1nn(CC(=O)N2CCc3ccccc32)c(C)c1S(=O)(=O)N1CCC[C@@H](C(=O)N2CCCC2)C1.